The van der Waals surface area contributed by atoms with Gasteiger partial charge in [0.1, 0.15) is 5.82 Å². The average Bonchev–Trinajstić information content (AvgIpc) is 2.78. The summed E-state index contributed by atoms with van der Waals surface area (Å²) >= 11 is 2.00. The first-order chi connectivity index (χ1) is 7.72. The van der Waals surface area contributed by atoms with E-state index in [0.29, 0.717) is 12.0 Å². The second-order valence-electron chi connectivity index (χ2n) is 4.39. The van der Waals surface area contributed by atoms with E-state index in [2.05, 4.69) is 12.2 Å². The Balaban J connectivity index is 2.28. The van der Waals surface area contributed by atoms with Crippen LogP contribution in [-0.4, -0.2) is 18.6 Å². The molecule has 0 aliphatic carbocycles. The maximum atomic E-state index is 13.3. The topological polar surface area (TPSA) is 12.0 Å². The summed E-state index contributed by atoms with van der Waals surface area (Å²) in [4.78, 5) is 0. The molecule has 2 atom stereocenters. The monoisotopic (exact) mass is 239 g/mol. The normalized spacial score (nSPS) is 22.3. The minimum atomic E-state index is -0.133. The highest BCUT2D eigenvalue weighted by Gasteiger charge is 2.26. The molecule has 0 radical (unpaired) electrons. The van der Waals surface area contributed by atoms with Crippen molar-refractivity contribution in [1.82, 2.24) is 5.32 Å². The Kier molecular flexibility index (Phi) is 3.87. The summed E-state index contributed by atoms with van der Waals surface area (Å²) in [6.07, 6.45) is 1.23. The zero-order valence-electron chi connectivity index (χ0n) is 9.79. The van der Waals surface area contributed by atoms with E-state index >= 15 is 0 Å². The standard InChI is InChI=1S/C13H18FNS/c1-9-3-4-11(14)7-12(9)13(15-2)10-5-6-16-8-10/h3-4,7,10,13,15H,5-6,8H2,1-2H3. The molecule has 1 saturated heterocycles. The molecule has 0 spiro atoms. The largest absolute Gasteiger partial charge is 0.313 e. The Labute approximate surface area is 101 Å². The van der Waals surface area contributed by atoms with Crippen LogP contribution in [0.3, 0.4) is 0 Å². The molecule has 0 aromatic heterocycles. The molecule has 1 N–H and O–H groups in total. The Morgan fingerprint density at radius 2 is 2.31 bits per heavy atom. The summed E-state index contributed by atoms with van der Waals surface area (Å²) < 4.78 is 13.3. The Morgan fingerprint density at radius 3 is 2.94 bits per heavy atom. The molecule has 1 aromatic rings. The molecule has 1 aliphatic rings. The minimum absolute atomic E-state index is 0.133. The van der Waals surface area contributed by atoms with E-state index in [1.165, 1.54) is 29.6 Å². The van der Waals surface area contributed by atoms with Crippen LogP contribution >= 0.6 is 11.8 Å². The van der Waals surface area contributed by atoms with Crippen LogP contribution in [-0.2, 0) is 0 Å². The highest BCUT2D eigenvalue weighted by atomic mass is 32.2. The summed E-state index contributed by atoms with van der Waals surface area (Å²) in [5, 5.41) is 3.35. The fourth-order valence-corrected chi connectivity index (χ4v) is 3.71. The SMILES string of the molecule is CNC(c1cc(F)ccc1C)C1CCSC1. The van der Waals surface area contributed by atoms with Crippen LogP contribution in [0, 0.1) is 18.7 Å². The molecule has 1 aromatic carbocycles. The minimum Gasteiger partial charge on any atom is -0.313 e. The lowest BCUT2D eigenvalue weighted by Crippen LogP contribution is -2.26. The molecule has 3 heteroatoms. The second-order valence-corrected chi connectivity index (χ2v) is 5.54. The van der Waals surface area contributed by atoms with Crippen molar-refractivity contribution in [3.05, 3.63) is 35.1 Å². The predicted octanol–water partition coefficient (Wildman–Crippen LogP) is 3.15. The summed E-state index contributed by atoms with van der Waals surface area (Å²) in [6, 6.07) is 5.39. The fraction of sp³-hybridized carbons (Fsp3) is 0.538. The molecule has 1 fully saturated rings. The molecule has 2 rings (SSSR count). The summed E-state index contributed by atoms with van der Waals surface area (Å²) in [5.74, 6) is 2.92. The van der Waals surface area contributed by atoms with Crippen LogP contribution in [0.2, 0.25) is 0 Å². The van der Waals surface area contributed by atoms with E-state index in [1.807, 2.05) is 24.9 Å². The van der Waals surface area contributed by atoms with Gasteiger partial charge in [-0.2, -0.15) is 11.8 Å². The molecule has 88 valence electrons. The zero-order chi connectivity index (χ0) is 11.5. The van der Waals surface area contributed by atoms with E-state index in [4.69, 9.17) is 0 Å². The smallest absolute Gasteiger partial charge is 0.123 e. The van der Waals surface area contributed by atoms with Gasteiger partial charge in [0.05, 0.1) is 0 Å². The third-order valence-electron chi connectivity index (χ3n) is 3.32. The lowest BCUT2D eigenvalue weighted by atomic mass is 9.90. The van der Waals surface area contributed by atoms with Crippen LogP contribution in [0.15, 0.2) is 18.2 Å². The molecule has 16 heavy (non-hydrogen) atoms. The lowest BCUT2D eigenvalue weighted by Gasteiger charge is -2.24. The molecule has 0 bridgehead atoms. The lowest BCUT2D eigenvalue weighted by molar-refractivity contribution is 0.416. The fourth-order valence-electron chi connectivity index (χ4n) is 2.41. The number of aryl methyl sites for hydroxylation is 1. The van der Waals surface area contributed by atoms with Gasteiger partial charge in [0.15, 0.2) is 0 Å². The van der Waals surface area contributed by atoms with Gasteiger partial charge < -0.3 is 5.32 Å². The quantitative estimate of drug-likeness (QED) is 0.869. The molecule has 1 nitrogen and oxygen atoms in total. The Bertz CT molecular complexity index is 361. The van der Waals surface area contributed by atoms with Gasteiger partial charge in [0, 0.05) is 6.04 Å². The third kappa shape index (κ3) is 2.41. The number of hydrogen-bond acceptors (Lipinski definition) is 2. The maximum Gasteiger partial charge on any atom is 0.123 e. The van der Waals surface area contributed by atoms with Crippen molar-refractivity contribution in [1.29, 1.82) is 0 Å². The number of nitrogens with one attached hydrogen (secondary N) is 1. The van der Waals surface area contributed by atoms with Crippen LogP contribution in [0.4, 0.5) is 4.39 Å². The van der Waals surface area contributed by atoms with Gasteiger partial charge in [0.25, 0.3) is 0 Å². The second kappa shape index (κ2) is 5.19. The van der Waals surface area contributed by atoms with Gasteiger partial charge >= 0.3 is 0 Å². The van der Waals surface area contributed by atoms with Crippen LogP contribution < -0.4 is 5.32 Å². The molecule has 1 aliphatic heterocycles. The first kappa shape index (κ1) is 11.9. The van der Waals surface area contributed by atoms with E-state index in [-0.39, 0.29) is 5.82 Å². The van der Waals surface area contributed by atoms with Crippen molar-refractivity contribution in [2.45, 2.75) is 19.4 Å². The number of rotatable bonds is 3. The Hall–Kier alpha value is -0.540. The average molecular weight is 239 g/mol. The van der Waals surface area contributed by atoms with Crippen LogP contribution in [0.25, 0.3) is 0 Å². The molecule has 2 unspecified atom stereocenters. The first-order valence-electron chi connectivity index (χ1n) is 5.73. The predicted molar refractivity (Wildman–Crippen MR) is 68.4 cm³/mol. The highest BCUT2D eigenvalue weighted by Crippen LogP contribution is 2.35. The van der Waals surface area contributed by atoms with Crippen molar-refractivity contribution in [3.63, 3.8) is 0 Å². The Morgan fingerprint density at radius 1 is 1.50 bits per heavy atom. The van der Waals surface area contributed by atoms with E-state index in [9.17, 15) is 4.39 Å². The number of benzene rings is 1. The number of hydrogen-bond donors (Lipinski definition) is 1. The third-order valence-corrected chi connectivity index (χ3v) is 4.51. The first-order valence-corrected chi connectivity index (χ1v) is 6.89. The summed E-state index contributed by atoms with van der Waals surface area (Å²) in [6.45, 7) is 2.06. The summed E-state index contributed by atoms with van der Waals surface area (Å²) in [7, 11) is 1.97. The van der Waals surface area contributed by atoms with Crippen molar-refractivity contribution in [2.75, 3.05) is 18.6 Å². The zero-order valence-corrected chi connectivity index (χ0v) is 10.6. The molecular weight excluding hydrogens is 221 g/mol. The van der Waals surface area contributed by atoms with Crippen molar-refractivity contribution < 1.29 is 4.39 Å². The summed E-state index contributed by atoms with van der Waals surface area (Å²) in [5.41, 5.74) is 2.30. The highest BCUT2D eigenvalue weighted by molar-refractivity contribution is 7.99. The van der Waals surface area contributed by atoms with Gasteiger partial charge in [-0.15, -0.1) is 0 Å². The van der Waals surface area contributed by atoms with Gasteiger partial charge in [-0.3, -0.25) is 0 Å². The van der Waals surface area contributed by atoms with Gasteiger partial charge in [0.2, 0.25) is 0 Å². The molecular formula is C13H18FNS. The number of thioether (sulfide) groups is 1. The van der Waals surface area contributed by atoms with E-state index < -0.39 is 0 Å². The van der Waals surface area contributed by atoms with Gasteiger partial charge in [-0.05, 0) is 61.1 Å². The van der Waals surface area contributed by atoms with Crippen LogP contribution in [0.1, 0.15) is 23.6 Å². The van der Waals surface area contributed by atoms with E-state index in [1.54, 1.807) is 6.07 Å². The van der Waals surface area contributed by atoms with Gasteiger partial charge in [-0.25, -0.2) is 4.39 Å². The van der Waals surface area contributed by atoms with Crippen LogP contribution in [0.5, 0.6) is 0 Å². The van der Waals surface area contributed by atoms with E-state index in [0.717, 1.165) is 5.56 Å². The maximum absolute atomic E-state index is 13.3. The molecule has 0 saturated carbocycles. The van der Waals surface area contributed by atoms with Gasteiger partial charge in [-0.1, -0.05) is 6.07 Å². The number of halogens is 1. The van der Waals surface area contributed by atoms with Crippen molar-refractivity contribution >= 4 is 11.8 Å². The molecule has 1 heterocycles. The molecule has 0 amide bonds. The van der Waals surface area contributed by atoms with Crippen molar-refractivity contribution in [3.8, 4) is 0 Å². The van der Waals surface area contributed by atoms with Crippen molar-refractivity contribution in [2.24, 2.45) is 5.92 Å².